The normalized spacial score (nSPS) is 21.9. The molecule has 0 aliphatic carbocycles. The summed E-state index contributed by atoms with van der Waals surface area (Å²) < 4.78 is 37.2. The number of rotatable bonds is 14. The molecule has 4 atom stereocenters. The third-order valence-electron chi connectivity index (χ3n) is 5.45. The van der Waals surface area contributed by atoms with E-state index in [-0.39, 0.29) is 23.7 Å². The SMILES string of the molecule is CCC(OCC1CO1)[Si](Oc1ccccc1)(Oc1ccccc1)C(CC)OCC1CO1. The highest BCUT2D eigenvalue weighted by molar-refractivity contribution is 6.71. The highest BCUT2D eigenvalue weighted by Gasteiger charge is 2.58. The fourth-order valence-corrected chi connectivity index (χ4v) is 7.44. The molecule has 0 amide bonds. The maximum Gasteiger partial charge on any atom is 0.520 e. The Bertz CT molecular complexity index is 714. The fraction of sp³-hybridized carbons (Fsp3) is 0.500. The molecule has 0 bridgehead atoms. The molecule has 0 N–H and O–H groups in total. The van der Waals surface area contributed by atoms with Crippen LogP contribution in [0.1, 0.15) is 26.7 Å². The summed E-state index contributed by atoms with van der Waals surface area (Å²) in [6, 6.07) is 19.7. The van der Waals surface area contributed by atoms with Gasteiger partial charge in [-0.15, -0.1) is 0 Å². The Labute approximate surface area is 185 Å². The van der Waals surface area contributed by atoms with Gasteiger partial charge in [0.05, 0.1) is 26.4 Å². The second kappa shape index (κ2) is 10.6. The largest absolute Gasteiger partial charge is 0.520 e. The molecular weight excluding hydrogens is 412 g/mol. The molecule has 2 aromatic carbocycles. The van der Waals surface area contributed by atoms with Crippen molar-refractivity contribution in [2.24, 2.45) is 0 Å². The lowest BCUT2D eigenvalue weighted by Crippen LogP contribution is -2.68. The first kappa shape index (κ1) is 22.3. The van der Waals surface area contributed by atoms with Crippen molar-refractivity contribution in [3.8, 4) is 11.5 Å². The van der Waals surface area contributed by atoms with Crippen LogP contribution in [0.2, 0.25) is 0 Å². The summed E-state index contributed by atoms with van der Waals surface area (Å²) in [6.45, 7) is 6.78. The molecule has 7 heteroatoms. The van der Waals surface area contributed by atoms with Gasteiger partial charge in [0.2, 0.25) is 0 Å². The average molecular weight is 445 g/mol. The van der Waals surface area contributed by atoms with Gasteiger partial charge in [-0.25, -0.2) is 0 Å². The minimum absolute atomic E-state index is 0.162. The van der Waals surface area contributed by atoms with Gasteiger partial charge in [0, 0.05) is 0 Å². The van der Waals surface area contributed by atoms with Crippen LogP contribution in [0.3, 0.4) is 0 Å². The monoisotopic (exact) mass is 444 g/mol. The number of benzene rings is 2. The van der Waals surface area contributed by atoms with Crippen LogP contribution in [0.25, 0.3) is 0 Å². The molecule has 168 valence electrons. The Morgan fingerprint density at radius 2 is 1.13 bits per heavy atom. The topological polar surface area (TPSA) is 62.0 Å². The van der Waals surface area contributed by atoms with Crippen LogP contribution >= 0.6 is 0 Å². The van der Waals surface area contributed by atoms with Gasteiger partial charge >= 0.3 is 8.56 Å². The summed E-state index contributed by atoms with van der Waals surface area (Å²) in [5.74, 6) is 1.53. The molecule has 6 nitrogen and oxygen atoms in total. The molecule has 0 spiro atoms. The van der Waals surface area contributed by atoms with Gasteiger partial charge in [-0.05, 0) is 37.1 Å². The third kappa shape index (κ3) is 6.08. The number of hydrogen-bond donors (Lipinski definition) is 0. The van der Waals surface area contributed by atoms with Crippen molar-refractivity contribution in [3.05, 3.63) is 60.7 Å². The molecule has 2 saturated heterocycles. The van der Waals surface area contributed by atoms with Crippen molar-refractivity contribution in [2.45, 2.75) is 50.4 Å². The van der Waals surface area contributed by atoms with E-state index in [1.165, 1.54) is 0 Å². The molecule has 4 unspecified atom stereocenters. The van der Waals surface area contributed by atoms with Gasteiger partial charge in [0.25, 0.3) is 0 Å². The second-order valence-corrected chi connectivity index (χ2v) is 11.1. The quantitative estimate of drug-likeness (QED) is 0.324. The van der Waals surface area contributed by atoms with Crippen LogP contribution in [0.4, 0.5) is 0 Å². The summed E-state index contributed by atoms with van der Waals surface area (Å²) in [5.41, 5.74) is -0.468. The highest BCUT2D eigenvalue weighted by atomic mass is 28.4. The summed E-state index contributed by atoms with van der Waals surface area (Å²) in [6.07, 6.45) is 1.82. The highest BCUT2D eigenvalue weighted by Crippen LogP contribution is 2.32. The predicted octanol–water partition coefficient (Wildman–Crippen LogP) is 4.05. The standard InChI is InChI=1S/C24H32O6Si/c1-3-23(27-17-21-15-25-21)31(29-19-11-7-5-8-12-19,30-20-13-9-6-10-14-20)24(4-2)28-18-22-16-26-22/h5-14,21-24H,3-4,15-18H2,1-2H3. The summed E-state index contributed by atoms with van der Waals surface area (Å²) in [7, 11) is -3.17. The van der Waals surface area contributed by atoms with Crippen molar-refractivity contribution < 1.29 is 27.8 Å². The number of epoxide rings is 2. The van der Waals surface area contributed by atoms with Crippen LogP contribution in [0, 0.1) is 0 Å². The zero-order valence-electron chi connectivity index (χ0n) is 18.3. The first-order chi connectivity index (χ1) is 15.2. The van der Waals surface area contributed by atoms with Crippen molar-refractivity contribution in [1.82, 2.24) is 0 Å². The minimum Gasteiger partial charge on any atom is -0.509 e. The van der Waals surface area contributed by atoms with Gasteiger partial charge in [-0.1, -0.05) is 50.2 Å². The predicted molar refractivity (Wildman–Crippen MR) is 119 cm³/mol. The van der Waals surface area contributed by atoms with Gasteiger partial charge in [-0.2, -0.15) is 0 Å². The lowest BCUT2D eigenvalue weighted by molar-refractivity contribution is 0.0192. The third-order valence-corrected chi connectivity index (χ3v) is 9.51. The minimum atomic E-state index is -3.17. The first-order valence-corrected chi connectivity index (χ1v) is 13.1. The molecule has 2 aliphatic heterocycles. The van der Waals surface area contributed by atoms with Gasteiger partial charge in [-0.3, -0.25) is 0 Å². The Balaban J connectivity index is 1.69. The molecule has 2 aliphatic rings. The van der Waals surface area contributed by atoms with E-state index in [1.807, 2.05) is 60.7 Å². The van der Waals surface area contributed by atoms with Crippen LogP contribution in [0.5, 0.6) is 11.5 Å². The lowest BCUT2D eigenvalue weighted by Gasteiger charge is -2.41. The zero-order chi connectivity index (χ0) is 21.5. The van der Waals surface area contributed by atoms with Crippen LogP contribution in [-0.4, -0.2) is 58.7 Å². The van der Waals surface area contributed by atoms with Crippen molar-refractivity contribution >= 4 is 8.56 Å². The molecular formula is C24H32O6Si. The van der Waals surface area contributed by atoms with Crippen LogP contribution in [-0.2, 0) is 18.9 Å². The van der Waals surface area contributed by atoms with Crippen LogP contribution < -0.4 is 8.85 Å². The Kier molecular flexibility index (Phi) is 7.63. The lowest BCUT2D eigenvalue weighted by atomic mass is 10.3. The van der Waals surface area contributed by atoms with E-state index in [0.717, 1.165) is 37.6 Å². The number of hydrogen-bond acceptors (Lipinski definition) is 6. The van der Waals surface area contributed by atoms with Gasteiger partial charge < -0.3 is 27.8 Å². The van der Waals surface area contributed by atoms with E-state index < -0.39 is 8.56 Å². The maximum atomic E-state index is 6.80. The van der Waals surface area contributed by atoms with Crippen molar-refractivity contribution in [3.63, 3.8) is 0 Å². The van der Waals surface area contributed by atoms with Crippen LogP contribution in [0.15, 0.2) is 60.7 Å². The van der Waals surface area contributed by atoms with Gasteiger partial charge in [0.1, 0.15) is 35.2 Å². The Hall–Kier alpha value is -1.90. The molecule has 2 fully saturated rings. The maximum absolute atomic E-state index is 6.80. The number of para-hydroxylation sites is 2. The van der Waals surface area contributed by atoms with E-state index in [2.05, 4.69) is 13.8 Å². The smallest absolute Gasteiger partial charge is 0.509 e. The second-order valence-electron chi connectivity index (χ2n) is 7.92. The average Bonchev–Trinajstić information content (AvgIpc) is 3.71. The summed E-state index contributed by atoms with van der Waals surface area (Å²) in [5, 5.41) is 0. The van der Waals surface area contributed by atoms with E-state index in [1.54, 1.807) is 0 Å². The summed E-state index contributed by atoms with van der Waals surface area (Å²) in [4.78, 5) is 0. The fourth-order valence-electron chi connectivity index (χ4n) is 3.65. The number of ether oxygens (including phenoxy) is 4. The van der Waals surface area contributed by atoms with Crippen molar-refractivity contribution in [2.75, 3.05) is 26.4 Å². The molecule has 4 rings (SSSR count). The molecule has 31 heavy (non-hydrogen) atoms. The van der Waals surface area contributed by atoms with Crippen molar-refractivity contribution in [1.29, 1.82) is 0 Å². The first-order valence-electron chi connectivity index (χ1n) is 11.2. The Morgan fingerprint density at radius 1 is 0.742 bits per heavy atom. The zero-order valence-corrected chi connectivity index (χ0v) is 19.3. The van der Waals surface area contributed by atoms with Gasteiger partial charge in [0.15, 0.2) is 0 Å². The molecule has 0 aromatic heterocycles. The van der Waals surface area contributed by atoms with E-state index in [0.29, 0.717) is 13.2 Å². The van der Waals surface area contributed by atoms with E-state index in [4.69, 9.17) is 27.8 Å². The van der Waals surface area contributed by atoms with E-state index >= 15 is 0 Å². The Morgan fingerprint density at radius 3 is 1.45 bits per heavy atom. The molecule has 2 aromatic rings. The molecule has 0 saturated carbocycles. The molecule has 0 radical (unpaired) electrons. The molecule has 2 heterocycles. The summed E-state index contributed by atoms with van der Waals surface area (Å²) >= 11 is 0. The van der Waals surface area contributed by atoms with E-state index in [9.17, 15) is 0 Å².